The summed E-state index contributed by atoms with van der Waals surface area (Å²) < 4.78 is 2.31. The van der Waals surface area contributed by atoms with Gasteiger partial charge >= 0.3 is 0 Å². The Balaban J connectivity index is 1.67. The second-order valence-corrected chi connectivity index (χ2v) is 5.42. The second kappa shape index (κ2) is 5.76. The molecule has 3 nitrogen and oxygen atoms in total. The molecule has 0 atom stereocenters. The lowest BCUT2D eigenvalue weighted by Crippen LogP contribution is -2.21. The van der Waals surface area contributed by atoms with Crippen molar-refractivity contribution in [2.75, 3.05) is 19.6 Å². The van der Waals surface area contributed by atoms with Gasteiger partial charge < -0.3 is 14.6 Å². The van der Waals surface area contributed by atoms with Crippen LogP contribution in [0.1, 0.15) is 24.8 Å². The van der Waals surface area contributed by atoms with Gasteiger partial charge in [-0.15, -0.1) is 0 Å². The Hall–Kier alpha value is -1.32. The Morgan fingerprint density at radius 2 is 1.89 bits per heavy atom. The number of nitrogens with zero attached hydrogens (tertiary/aromatic N) is 2. The highest BCUT2D eigenvalue weighted by Crippen LogP contribution is 2.20. The van der Waals surface area contributed by atoms with E-state index in [0.29, 0.717) is 0 Å². The third-order valence-electron chi connectivity index (χ3n) is 4.15. The lowest BCUT2D eigenvalue weighted by molar-refractivity contribution is 0.283. The van der Waals surface area contributed by atoms with E-state index >= 15 is 0 Å². The number of hydrogen-bond acceptors (Lipinski definition) is 2. The van der Waals surface area contributed by atoms with Crippen molar-refractivity contribution in [3.8, 4) is 0 Å². The lowest BCUT2D eigenvalue weighted by atomic mass is 10.1. The molecule has 102 valence electrons. The van der Waals surface area contributed by atoms with Gasteiger partial charge in [0.1, 0.15) is 0 Å². The van der Waals surface area contributed by atoms with Crippen LogP contribution in [0.25, 0.3) is 10.9 Å². The van der Waals surface area contributed by atoms with E-state index in [2.05, 4.69) is 27.8 Å². The van der Waals surface area contributed by atoms with E-state index < -0.39 is 0 Å². The normalized spacial score (nSPS) is 16.5. The highest BCUT2D eigenvalue weighted by atomic mass is 16.3. The average molecular weight is 258 g/mol. The van der Waals surface area contributed by atoms with Crippen molar-refractivity contribution in [2.24, 2.45) is 0 Å². The fourth-order valence-corrected chi connectivity index (χ4v) is 3.09. The van der Waals surface area contributed by atoms with Gasteiger partial charge in [0.25, 0.3) is 0 Å². The minimum atomic E-state index is 0.120. The van der Waals surface area contributed by atoms with E-state index in [1.165, 1.54) is 49.8 Å². The van der Waals surface area contributed by atoms with E-state index in [1.807, 2.05) is 12.1 Å². The van der Waals surface area contributed by atoms with Crippen molar-refractivity contribution in [1.29, 1.82) is 0 Å². The van der Waals surface area contributed by atoms with Crippen molar-refractivity contribution in [2.45, 2.75) is 32.4 Å². The summed E-state index contributed by atoms with van der Waals surface area (Å²) in [6.07, 6.45) is 6.08. The number of hydrogen-bond donors (Lipinski definition) is 1. The summed E-state index contributed by atoms with van der Waals surface area (Å²) in [5.41, 5.74) is 2.27. The van der Waals surface area contributed by atoms with Crippen LogP contribution in [-0.4, -0.2) is 34.2 Å². The zero-order chi connectivity index (χ0) is 13.1. The number of likely N-dealkylation sites (tertiary alicyclic amines) is 1. The smallest absolute Gasteiger partial charge is 0.0688 e. The molecule has 1 aromatic heterocycles. The van der Waals surface area contributed by atoms with E-state index in [9.17, 15) is 5.11 Å². The summed E-state index contributed by atoms with van der Waals surface area (Å²) in [6.45, 7) is 4.95. The van der Waals surface area contributed by atoms with E-state index in [-0.39, 0.29) is 6.61 Å². The maximum atomic E-state index is 9.35. The molecule has 3 rings (SSSR count). The number of aryl methyl sites for hydroxylation is 1. The number of aliphatic hydroxyl groups excluding tert-OH is 1. The molecular formula is C16H22N2O. The van der Waals surface area contributed by atoms with Gasteiger partial charge in [-0.25, -0.2) is 0 Å². The topological polar surface area (TPSA) is 28.4 Å². The molecule has 0 aliphatic carbocycles. The first-order chi connectivity index (χ1) is 9.38. The first-order valence-electron chi connectivity index (χ1n) is 7.28. The molecule has 0 radical (unpaired) electrons. The zero-order valence-electron chi connectivity index (χ0n) is 11.4. The van der Waals surface area contributed by atoms with Crippen LogP contribution in [0, 0.1) is 0 Å². The number of aliphatic hydroxyl groups is 1. The molecule has 2 heterocycles. The Labute approximate surface area is 114 Å². The van der Waals surface area contributed by atoms with Crippen LogP contribution in [0.5, 0.6) is 0 Å². The fraction of sp³-hybridized carbons (Fsp3) is 0.500. The first-order valence-corrected chi connectivity index (χ1v) is 7.28. The molecule has 0 spiro atoms. The van der Waals surface area contributed by atoms with Gasteiger partial charge in [0.2, 0.25) is 0 Å². The molecule has 3 heteroatoms. The first kappa shape index (κ1) is 12.7. The van der Waals surface area contributed by atoms with Crippen molar-refractivity contribution in [3.63, 3.8) is 0 Å². The minimum absolute atomic E-state index is 0.120. The summed E-state index contributed by atoms with van der Waals surface area (Å²) >= 11 is 0. The average Bonchev–Trinajstić information content (AvgIpc) is 3.08. The van der Waals surface area contributed by atoms with Gasteiger partial charge in [0.15, 0.2) is 0 Å². The summed E-state index contributed by atoms with van der Waals surface area (Å²) in [5.74, 6) is 0. The van der Waals surface area contributed by atoms with Crippen LogP contribution < -0.4 is 0 Å². The molecule has 1 aliphatic rings. The molecule has 1 saturated heterocycles. The van der Waals surface area contributed by atoms with Crippen LogP contribution in [0.2, 0.25) is 0 Å². The fourth-order valence-electron chi connectivity index (χ4n) is 3.09. The number of rotatable bonds is 5. The maximum absolute atomic E-state index is 9.35. The van der Waals surface area contributed by atoms with Crippen LogP contribution in [0.15, 0.2) is 30.5 Å². The van der Waals surface area contributed by atoms with Gasteiger partial charge in [-0.3, -0.25) is 0 Å². The Morgan fingerprint density at radius 3 is 2.68 bits per heavy atom. The summed E-state index contributed by atoms with van der Waals surface area (Å²) in [6, 6.07) is 8.29. The van der Waals surface area contributed by atoms with Crippen molar-refractivity contribution >= 4 is 10.9 Å². The quantitative estimate of drug-likeness (QED) is 0.893. The molecule has 0 unspecified atom stereocenters. The molecule has 1 N–H and O–H groups in total. The Morgan fingerprint density at radius 1 is 1.05 bits per heavy atom. The third-order valence-corrected chi connectivity index (χ3v) is 4.15. The van der Waals surface area contributed by atoms with Crippen LogP contribution in [0.3, 0.4) is 0 Å². The third kappa shape index (κ3) is 2.67. The largest absolute Gasteiger partial charge is 0.392 e. The molecule has 1 fully saturated rings. The van der Waals surface area contributed by atoms with Gasteiger partial charge in [0.05, 0.1) is 6.61 Å². The van der Waals surface area contributed by atoms with Gasteiger partial charge in [-0.2, -0.15) is 0 Å². The maximum Gasteiger partial charge on any atom is 0.0688 e. The van der Waals surface area contributed by atoms with Gasteiger partial charge in [-0.1, -0.05) is 12.1 Å². The molecule has 0 amide bonds. The predicted molar refractivity (Wildman–Crippen MR) is 78.2 cm³/mol. The summed E-state index contributed by atoms with van der Waals surface area (Å²) in [7, 11) is 0. The zero-order valence-corrected chi connectivity index (χ0v) is 11.4. The van der Waals surface area contributed by atoms with E-state index in [0.717, 1.165) is 12.1 Å². The highest BCUT2D eigenvalue weighted by Gasteiger charge is 2.11. The lowest BCUT2D eigenvalue weighted by Gasteiger charge is -2.14. The molecule has 0 saturated carbocycles. The Bertz CT molecular complexity index is 541. The SMILES string of the molecule is OCc1cccc2c1ccn2CCCN1CCCC1. The van der Waals surface area contributed by atoms with Crippen molar-refractivity contribution in [1.82, 2.24) is 9.47 Å². The predicted octanol–water partition coefficient (Wildman–Crippen LogP) is 2.62. The molecular weight excluding hydrogens is 236 g/mol. The van der Waals surface area contributed by atoms with E-state index in [4.69, 9.17) is 0 Å². The molecule has 2 aromatic rings. The summed E-state index contributed by atoms with van der Waals surface area (Å²) in [5, 5.41) is 10.5. The molecule has 1 aromatic carbocycles. The van der Waals surface area contributed by atoms with Crippen molar-refractivity contribution in [3.05, 3.63) is 36.0 Å². The second-order valence-electron chi connectivity index (χ2n) is 5.42. The van der Waals surface area contributed by atoms with Crippen LogP contribution in [0.4, 0.5) is 0 Å². The van der Waals surface area contributed by atoms with Crippen molar-refractivity contribution < 1.29 is 5.11 Å². The summed E-state index contributed by atoms with van der Waals surface area (Å²) in [4.78, 5) is 2.56. The Kier molecular flexibility index (Phi) is 3.85. The molecule has 19 heavy (non-hydrogen) atoms. The standard InChI is InChI=1S/C16H22N2O/c19-13-14-5-3-6-16-15(14)7-12-18(16)11-4-10-17-8-1-2-9-17/h3,5-7,12,19H,1-2,4,8-11,13H2. The molecule has 1 aliphatic heterocycles. The van der Waals surface area contributed by atoms with Crippen LogP contribution >= 0.6 is 0 Å². The number of aromatic nitrogens is 1. The highest BCUT2D eigenvalue weighted by molar-refractivity contribution is 5.83. The monoisotopic (exact) mass is 258 g/mol. The minimum Gasteiger partial charge on any atom is -0.392 e. The number of benzene rings is 1. The van der Waals surface area contributed by atoms with Crippen LogP contribution in [-0.2, 0) is 13.2 Å². The number of fused-ring (bicyclic) bond motifs is 1. The van der Waals surface area contributed by atoms with Gasteiger partial charge in [0, 0.05) is 23.6 Å². The molecule has 0 bridgehead atoms. The van der Waals surface area contributed by atoms with Gasteiger partial charge in [-0.05, 0) is 56.6 Å². The van der Waals surface area contributed by atoms with E-state index in [1.54, 1.807) is 0 Å².